The first-order chi connectivity index (χ1) is 13.8. The lowest BCUT2D eigenvalue weighted by atomic mass is 10.1. The van der Waals surface area contributed by atoms with E-state index in [2.05, 4.69) is 10.6 Å². The fraction of sp³-hybridized carbons (Fsp3) is 0.227. The van der Waals surface area contributed by atoms with Crippen molar-refractivity contribution in [2.45, 2.75) is 33.9 Å². The smallest absolute Gasteiger partial charge is 0.274 e. The topological polar surface area (TPSA) is 93.3 Å². The van der Waals surface area contributed by atoms with Crippen molar-refractivity contribution in [3.8, 4) is 0 Å². The highest BCUT2D eigenvalue weighted by molar-refractivity contribution is 6.04. The highest BCUT2D eigenvalue weighted by Gasteiger charge is 2.13. The minimum atomic E-state index is -0.436. The standard InChI is InChI=1S/C22H23N3O4/c1-14-4-8-17(9-5-14)21(27)24-19-11-6-15(2)25(22(19)28)13-20(26)23-12-18-10-7-16(3)29-18/h4-11H,12-13H2,1-3H3,(H,23,26)(H,24,27). The SMILES string of the molecule is Cc1ccc(C(=O)Nc2ccc(C)n(CC(=O)NCc3ccc(C)o3)c2=O)cc1. The molecule has 0 atom stereocenters. The predicted octanol–water partition coefficient (Wildman–Crippen LogP) is 2.94. The van der Waals surface area contributed by atoms with Crippen molar-refractivity contribution in [2.75, 3.05) is 5.32 Å². The maximum atomic E-state index is 12.8. The van der Waals surface area contributed by atoms with Crippen LogP contribution >= 0.6 is 0 Å². The molecule has 0 unspecified atom stereocenters. The Morgan fingerprint density at radius 3 is 2.34 bits per heavy atom. The van der Waals surface area contributed by atoms with Crippen molar-refractivity contribution in [3.05, 3.63) is 87.2 Å². The van der Waals surface area contributed by atoms with Gasteiger partial charge in [-0.15, -0.1) is 0 Å². The van der Waals surface area contributed by atoms with Gasteiger partial charge in [0.2, 0.25) is 5.91 Å². The van der Waals surface area contributed by atoms with E-state index in [1.54, 1.807) is 37.3 Å². The molecule has 3 rings (SSSR count). The minimum absolute atomic E-state index is 0.121. The molecule has 0 aliphatic heterocycles. The van der Waals surface area contributed by atoms with Gasteiger partial charge in [0.1, 0.15) is 23.8 Å². The summed E-state index contributed by atoms with van der Waals surface area (Å²) < 4.78 is 6.74. The minimum Gasteiger partial charge on any atom is -0.465 e. The summed E-state index contributed by atoms with van der Waals surface area (Å²) in [6.45, 7) is 5.57. The van der Waals surface area contributed by atoms with E-state index in [9.17, 15) is 14.4 Å². The molecule has 150 valence electrons. The molecule has 0 saturated heterocycles. The number of benzene rings is 1. The molecule has 2 amide bonds. The van der Waals surface area contributed by atoms with Crippen LogP contribution in [-0.2, 0) is 17.9 Å². The fourth-order valence-corrected chi connectivity index (χ4v) is 2.83. The van der Waals surface area contributed by atoms with Crippen LogP contribution in [0.2, 0.25) is 0 Å². The summed E-state index contributed by atoms with van der Waals surface area (Å²) in [5.41, 5.74) is 1.79. The van der Waals surface area contributed by atoms with Gasteiger partial charge in [-0.25, -0.2) is 0 Å². The van der Waals surface area contributed by atoms with Crippen LogP contribution in [0.5, 0.6) is 0 Å². The molecular weight excluding hydrogens is 370 g/mol. The molecule has 0 saturated carbocycles. The summed E-state index contributed by atoms with van der Waals surface area (Å²) in [4.78, 5) is 37.5. The molecule has 3 aromatic rings. The molecule has 2 aromatic heterocycles. The normalized spacial score (nSPS) is 10.6. The summed E-state index contributed by atoms with van der Waals surface area (Å²) in [5.74, 6) is 0.693. The summed E-state index contributed by atoms with van der Waals surface area (Å²) in [5, 5.41) is 5.36. The van der Waals surface area contributed by atoms with Crippen LogP contribution in [-0.4, -0.2) is 16.4 Å². The molecule has 0 radical (unpaired) electrons. The second-order valence-corrected chi connectivity index (χ2v) is 6.89. The van der Waals surface area contributed by atoms with Gasteiger partial charge in [0.05, 0.1) is 6.54 Å². The van der Waals surface area contributed by atoms with Crippen molar-refractivity contribution in [1.82, 2.24) is 9.88 Å². The van der Waals surface area contributed by atoms with Gasteiger partial charge in [-0.3, -0.25) is 14.4 Å². The molecule has 2 heterocycles. The van der Waals surface area contributed by atoms with Gasteiger partial charge < -0.3 is 19.6 Å². The number of rotatable bonds is 6. The third kappa shape index (κ3) is 5.01. The number of hydrogen-bond donors (Lipinski definition) is 2. The van der Waals surface area contributed by atoms with Crippen LogP contribution < -0.4 is 16.2 Å². The van der Waals surface area contributed by atoms with Crippen molar-refractivity contribution in [1.29, 1.82) is 0 Å². The van der Waals surface area contributed by atoms with E-state index in [-0.39, 0.29) is 30.6 Å². The first kappa shape index (κ1) is 20.1. The molecule has 0 fully saturated rings. The van der Waals surface area contributed by atoms with Gasteiger partial charge >= 0.3 is 0 Å². The number of aryl methyl sites for hydroxylation is 3. The Morgan fingerprint density at radius 2 is 1.69 bits per heavy atom. The number of carbonyl (C=O) groups excluding carboxylic acids is 2. The molecule has 7 nitrogen and oxygen atoms in total. The molecule has 0 aliphatic rings. The maximum Gasteiger partial charge on any atom is 0.274 e. The van der Waals surface area contributed by atoms with E-state index in [1.807, 2.05) is 32.0 Å². The largest absolute Gasteiger partial charge is 0.465 e. The van der Waals surface area contributed by atoms with Crippen LogP contribution in [0.3, 0.4) is 0 Å². The van der Waals surface area contributed by atoms with Gasteiger partial charge in [0.25, 0.3) is 11.5 Å². The van der Waals surface area contributed by atoms with E-state index in [0.29, 0.717) is 17.0 Å². The van der Waals surface area contributed by atoms with Gasteiger partial charge in [-0.05, 0) is 57.2 Å². The Labute approximate surface area is 168 Å². The number of nitrogens with one attached hydrogen (secondary N) is 2. The zero-order valence-electron chi connectivity index (χ0n) is 16.6. The second kappa shape index (κ2) is 8.60. The lowest BCUT2D eigenvalue weighted by molar-refractivity contribution is -0.122. The van der Waals surface area contributed by atoms with Gasteiger partial charge in [-0.2, -0.15) is 0 Å². The molecule has 7 heteroatoms. The van der Waals surface area contributed by atoms with Gasteiger partial charge in [0, 0.05) is 11.3 Å². The number of furan rings is 1. The van der Waals surface area contributed by atoms with E-state index in [0.717, 1.165) is 11.3 Å². The lowest BCUT2D eigenvalue weighted by Crippen LogP contribution is -2.34. The highest BCUT2D eigenvalue weighted by atomic mass is 16.3. The Morgan fingerprint density at radius 1 is 0.966 bits per heavy atom. The lowest BCUT2D eigenvalue weighted by Gasteiger charge is -2.13. The monoisotopic (exact) mass is 393 g/mol. The molecule has 1 aromatic carbocycles. The van der Waals surface area contributed by atoms with Crippen LogP contribution in [0.1, 0.15) is 33.1 Å². The van der Waals surface area contributed by atoms with Gasteiger partial charge in [0.15, 0.2) is 0 Å². The van der Waals surface area contributed by atoms with Crippen molar-refractivity contribution < 1.29 is 14.0 Å². The average molecular weight is 393 g/mol. The summed E-state index contributed by atoms with van der Waals surface area (Å²) in [6.07, 6.45) is 0. The highest BCUT2D eigenvalue weighted by Crippen LogP contribution is 2.09. The predicted molar refractivity (Wildman–Crippen MR) is 110 cm³/mol. The molecule has 0 aliphatic carbocycles. The molecule has 0 spiro atoms. The third-order valence-corrected chi connectivity index (χ3v) is 4.51. The zero-order chi connectivity index (χ0) is 21.0. The van der Waals surface area contributed by atoms with Crippen molar-refractivity contribution in [3.63, 3.8) is 0 Å². The zero-order valence-corrected chi connectivity index (χ0v) is 16.6. The van der Waals surface area contributed by atoms with E-state index < -0.39 is 5.56 Å². The summed E-state index contributed by atoms with van der Waals surface area (Å²) in [7, 11) is 0. The van der Waals surface area contributed by atoms with E-state index in [1.165, 1.54) is 4.57 Å². The Bertz CT molecular complexity index is 1090. The van der Waals surface area contributed by atoms with Crippen molar-refractivity contribution in [2.24, 2.45) is 0 Å². The second-order valence-electron chi connectivity index (χ2n) is 6.89. The number of amides is 2. The number of hydrogen-bond acceptors (Lipinski definition) is 4. The molecular formula is C22H23N3O4. The van der Waals surface area contributed by atoms with E-state index in [4.69, 9.17) is 4.42 Å². The first-order valence-electron chi connectivity index (χ1n) is 9.24. The molecule has 0 bridgehead atoms. The van der Waals surface area contributed by atoms with Crippen LogP contribution in [0, 0.1) is 20.8 Å². The number of pyridine rings is 1. The summed E-state index contributed by atoms with van der Waals surface area (Å²) in [6, 6.07) is 13.9. The first-order valence-corrected chi connectivity index (χ1v) is 9.24. The van der Waals surface area contributed by atoms with Gasteiger partial charge in [-0.1, -0.05) is 17.7 Å². The summed E-state index contributed by atoms with van der Waals surface area (Å²) >= 11 is 0. The Kier molecular flexibility index (Phi) is 5.97. The Balaban J connectivity index is 1.71. The Hall–Kier alpha value is -3.61. The van der Waals surface area contributed by atoms with Crippen LogP contribution in [0.4, 0.5) is 5.69 Å². The maximum absolute atomic E-state index is 12.8. The quantitative estimate of drug-likeness (QED) is 0.673. The fourth-order valence-electron chi connectivity index (χ4n) is 2.83. The third-order valence-electron chi connectivity index (χ3n) is 4.51. The van der Waals surface area contributed by atoms with Crippen molar-refractivity contribution >= 4 is 17.5 Å². The molecule has 29 heavy (non-hydrogen) atoms. The van der Waals surface area contributed by atoms with E-state index >= 15 is 0 Å². The number of anilines is 1. The number of nitrogens with zero attached hydrogens (tertiary/aromatic N) is 1. The number of carbonyl (C=O) groups is 2. The average Bonchev–Trinajstić information content (AvgIpc) is 3.11. The molecule has 2 N–H and O–H groups in total. The number of aromatic nitrogens is 1. The van der Waals surface area contributed by atoms with Crippen LogP contribution in [0.15, 0.2) is 57.7 Å². The van der Waals surface area contributed by atoms with Crippen LogP contribution in [0.25, 0.3) is 0 Å².